The third-order valence-electron chi connectivity index (χ3n) is 1.87. The van der Waals surface area contributed by atoms with Crippen molar-refractivity contribution in [1.29, 1.82) is 0 Å². The Bertz CT molecular complexity index is 359. The largest absolute Gasteiger partial charge is 0.264 e. The standard InChI is InChI=1S/C12H17F2NS.C2H6/c1-8-5-6-10(9(7-8)11(13)14)16-15-12(2,3)4;1-2/h5-7,11,15H,1-4H3;1-2H3. The molecule has 18 heavy (non-hydrogen) atoms. The Morgan fingerprint density at radius 3 is 2.17 bits per heavy atom. The normalized spacial score (nSPS) is 11.2. The summed E-state index contributed by atoms with van der Waals surface area (Å²) in [5.74, 6) is 0. The molecule has 1 nitrogen and oxygen atoms in total. The summed E-state index contributed by atoms with van der Waals surface area (Å²) in [6.07, 6.45) is -2.43. The van der Waals surface area contributed by atoms with Crippen molar-refractivity contribution in [3.05, 3.63) is 29.3 Å². The van der Waals surface area contributed by atoms with Gasteiger partial charge in [0, 0.05) is 16.0 Å². The fourth-order valence-corrected chi connectivity index (χ4v) is 1.96. The van der Waals surface area contributed by atoms with Gasteiger partial charge in [0.2, 0.25) is 0 Å². The van der Waals surface area contributed by atoms with Crippen molar-refractivity contribution in [1.82, 2.24) is 4.72 Å². The number of hydrogen-bond acceptors (Lipinski definition) is 2. The molecule has 4 heteroatoms. The molecule has 0 bridgehead atoms. The summed E-state index contributed by atoms with van der Waals surface area (Å²) in [4.78, 5) is 0.593. The SMILES string of the molecule is CC.Cc1ccc(SNC(C)(C)C)c(C(F)F)c1. The maximum atomic E-state index is 12.8. The van der Waals surface area contributed by atoms with Gasteiger partial charge in [-0.05, 0) is 51.8 Å². The van der Waals surface area contributed by atoms with Gasteiger partial charge in [-0.1, -0.05) is 25.5 Å². The van der Waals surface area contributed by atoms with Crippen molar-refractivity contribution in [2.75, 3.05) is 0 Å². The summed E-state index contributed by atoms with van der Waals surface area (Å²) in [6, 6.07) is 5.12. The van der Waals surface area contributed by atoms with Crippen molar-refractivity contribution in [3.8, 4) is 0 Å². The van der Waals surface area contributed by atoms with Crippen LogP contribution in [-0.2, 0) is 0 Å². The highest BCUT2D eigenvalue weighted by atomic mass is 32.2. The lowest BCUT2D eigenvalue weighted by Gasteiger charge is -2.20. The van der Waals surface area contributed by atoms with Crippen LogP contribution in [0.4, 0.5) is 8.78 Å². The molecule has 1 rings (SSSR count). The third kappa shape index (κ3) is 6.36. The molecule has 0 saturated heterocycles. The fraction of sp³-hybridized carbons (Fsp3) is 0.571. The van der Waals surface area contributed by atoms with E-state index in [1.807, 2.05) is 47.6 Å². The number of nitrogens with one attached hydrogen (secondary N) is 1. The van der Waals surface area contributed by atoms with Crippen LogP contribution in [0.2, 0.25) is 0 Å². The average Bonchev–Trinajstić information content (AvgIpc) is 2.28. The van der Waals surface area contributed by atoms with Crippen molar-refractivity contribution in [2.45, 2.75) is 58.4 Å². The van der Waals surface area contributed by atoms with Gasteiger partial charge in [0.15, 0.2) is 0 Å². The van der Waals surface area contributed by atoms with E-state index in [1.165, 1.54) is 18.0 Å². The fourth-order valence-electron chi connectivity index (χ4n) is 1.14. The lowest BCUT2D eigenvalue weighted by Crippen LogP contribution is -2.29. The maximum Gasteiger partial charge on any atom is 0.264 e. The number of benzene rings is 1. The summed E-state index contributed by atoms with van der Waals surface area (Å²) >= 11 is 1.26. The van der Waals surface area contributed by atoms with Crippen molar-refractivity contribution >= 4 is 11.9 Å². The molecule has 1 aromatic rings. The molecule has 0 amide bonds. The molecule has 0 heterocycles. The van der Waals surface area contributed by atoms with Gasteiger partial charge >= 0.3 is 0 Å². The Morgan fingerprint density at radius 1 is 1.17 bits per heavy atom. The van der Waals surface area contributed by atoms with Gasteiger partial charge in [0.25, 0.3) is 6.43 Å². The maximum absolute atomic E-state index is 12.8. The predicted molar refractivity (Wildman–Crippen MR) is 76.2 cm³/mol. The summed E-state index contributed by atoms with van der Waals surface area (Å²) in [7, 11) is 0. The van der Waals surface area contributed by atoms with Crippen LogP contribution >= 0.6 is 11.9 Å². The van der Waals surface area contributed by atoms with E-state index in [2.05, 4.69) is 4.72 Å². The smallest absolute Gasteiger partial charge is 0.255 e. The Kier molecular flexibility index (Phi) is 7.48. The second-order valence-electron chi connectivity index (χ2n) is 4.80. The number of alkyl halides is 2. The zero-order valence-electron chi connectivity index (χ0n) is 12.0. The van der Waals surface area contributed by atoms with Crippen molar-refractivity contribution in [3.63, 3.8) is 0 Å². The van der Waals surface area contributed by atoms with Gasteiger partial charge in [-0.3, -0.25) is 4.72 Å². The van der Waals surface area contributed by atoms with Gasteiger partial charge in [-0.15, -0.1) is 0 Å². The molecule has 0 fully saturated rings. The van der Waals surface area contributed by atoms with E-state index in [-0.39, 0.29) is 11.1 Å². The predicted octanol–water partition coefficient (Wildman–Crippen LogP) is 5.35. The molecule has 0 unspecified atom stereocenters. The van der Waals surface area contributed by atoms with Crippen LogP contribution in [0.25, 0.3) is 0 Å². The number of rotatable bonds is 3. The highest BCUT2D eigenvalue weighted by Gasteiger charge is 2.16. The summed E-state index contributed by atoms with van der Waals surface area (Å²) in [5.41, 5.74) is 0.853. The molecular formula is C14H23F2NS. The minimum atomic E-state index is -2.43. The topological polar surface area (TPSA) is 12.0 Å². The Hall–Kier alpha value is -0.610. The van der Waals surface area contributed by atoms with Crippen LogP contribution in [0.5, 0.6) is 0 Å². The zero-order chi connectivity index (χ0) is 14.3. The lowest BCUT2D eigenvalue weighted by atomic mass is 10.1. The monoisotopic (exact) mass is 275 g/mol. The van der Waals surface area contributed by atoms with Crippen LogP contribution < -0.4 is 4.72 Å². The zero-order valence-corrected chi connectivity index (χ0v) is 12.8. The molecular weight excluding hydrogens is 252 g/mol. The van der Waals surface area contributed by atoms with Crippen molar-refractivity contribution in [2.24, 2.45) is 0 Å². The lowest BCUT2D eigenvalue weighted by molar-refractivity contribution is 0.148. The molecule has 1 N–H and O–H groups in total. The molecule has 0 aliphatic rings. The minimum absolute atomic E-state index is 0.0988. The summed E-state index contributed by atoms with van der Waals surface area (Å²) in [5, 5.41) is 0. The highest BCUT2D eigenvalue weighted by molar-refractivity contribution is 7.97. The Morgan fingerprint density at radius 2 is 1.72 bits per heavy atom. The molecule has 0 aliphatic carbocycles. The van der Waals surface area contributed by atoms with Crippen LogP contribution in [0.1, 0.15) is 52.2 Å². The quantitative estimate of drug-likeness (QED) is 0.746. The van der Waals surface area contributed by atoms with Crippen LogP contribution in [-0.4, -0.2) is 5.54 Å². The van der Waals surface area contributed by atoms with Crippen LogP contribution in [0, 0.1) is 6.92 Å². The number of aryl methyl sites for hydroxylation is 1. The summed E-state index contributed by atoms with van der Waals surface area (Å²) in [6.45, 7) is 11.8. The van der Waals surface area contributed by atoms with Gasteiger partial charge in [-0.25, -0.2) is 8.78 Å². The van der Waals surface area contributed by atoms with Crippen LogP contribution in [0.15, 0.2) is 23.1 Å². The average molecular weight is 275 g/mol. The van der Waals surface area contributed by atoms with Crippen LogP contribution in [0.3, 0.4) is 0 Å². The molecule has 0 atom stereocenters. The highest BCUT2D eigenvalue weighted by Crippen LogP contribution is 2.30. The first-order valence-electron chi connectivity index (χ1n) is 6.12. The molecule has 0 aromatic heterocycles. The first kappa shape index (κ1) is 17.4. The van der Waals surface area contributed by atoms with E-state index in [9.17, 15) is 8.78 Å². The molecule has 1 aromatic carbocycles. The molecule has 0 spiro atoms. The third-order valence-corrected chi connectivity index (χ3v) is 3.17. The second-order valence-corrected chi connectivity index (χ2v) is 5.64. The van der Waals surface area contributed by atoms with E-state index < -0.39 is 6.43 Å². The van der Waals surface area contributed by atoms with Gasteiger partial charge < -0.3 is 0 Å². The molecule has 0 radical (unpaired) electrons. The second kappa shape index (κ2) is 7.74. The van der Waals surface area contributed by atoms with E-state index in [4.69, 9.17) is 0 Å². The van der Waals surface area contributed by atoms with E-state index >= 15 is 0 Å². The van der Waals surface area contributed by atoms with Crippen molar-refractivity contribution < 1.29 is 8.78 Å². The first-order valence-corrected chi connectivity index (χ1v) is 6.94. The Labute approximate surface area is 113 Å². The van der Waals surface area contributed by atoms with E-state index in [0.29, 0.717) is 4.90 Å². The molecule has 0 aliphatic heterocycles. The molecule has 104 valence electrons. The van der Waals surface area contributed by atoms with Gasteiger partial charge in [-0.2, -0.15) is 0 Å². The summed E-state index contributed by atoms with van der Waals surface area (Å²) < 4.78 is 28.7. The van der Waals surface area contributed by atoms with E-state index in [1.54, 1.807) is 6.07 Å². The number of hydrogen-bond donors (Lipinski definition) is 1. The van der Waals surface area contributed by atoms with E-state index in [0.717, 1.165) is 5.56 Å². The first-order chi connectivity index (χ1) is 8.29. The Balaban J connectivity index is 0.00000137. The number of halogens is 2. The molecule has 0 saturated carbocycles. The van der Waals surface area contributed by atoms with Gasteiger partial charge in [0.05, 0.1) is 0 Å². The minimum Gasteiger partial charge on any atom is -0.255 e. The van der Waals surface area contributed by atoms with Gasteiger partial charge in [0.1, 0.15) is 0 Å².